The molecule has 1 atom stereocenters. The molecule has 2 aliphatic rings. The Kier molecular flexibility index (Phi) is 7.08. The van der Waals surface area contributed by atoms with Crippen molar-refractivity contribution in [2.45, 2.75) is 19.9 Å². The van der Waals surface area contributed by atoms with Crippen LogP contribution in [0, 0.1) is 0 Å². The normalized spacial score (nSPS) is 17.6. The van der Waals surface area contributed by atoms with Gasteiger partial charge in [0, 0.05) is 67.5 Å². The van der Waals surface area contributed by atoms with E-state index in [4.69, 9.17) is 0 Å². The van der Waals surface area contributed by atoms with Gasteiger partial charge in [0.05, 0.1) is 11.8 Å². The SMILES string of the molecule is C.O=C(Nc1cccc(N2CCNCC2)c1)N1N=C(c2cccnc2)CC1c1ccccc1O. The number of hydrogen-bond acceptors (Lipinski definition) is 6. The molecule has 0 spiro atoms. The number of nitrogens with one attached hydrogen (secondary N) is 2. The molecule has 2 aromatic carbocycles. The number of aromatic nitrogens is 1. The van der Waals surface area contributed by atoms with Gasteiger partial charge >= 0.3 is 6.03 Å². The lowest BCUT2D eigenvalue weighted by atomic mass is 9.98. The minimum Gasteiger partial charge on any atom is -0.508 e. The summed E-state index contributed by atoms with van der Waals surface area (Å²) in [5.74, 6) is 0.142. The first-order chi connectivity index (χ1) is 16.2. The molecule has 2 amide bonds. The number of piperazine rings is 1. The van der Waals surface area contributed by atoms with Crippen LogP contribution in [0.5, 0.6) is 5.75 Å². The van der Waals surface area contributed by atoms with Gasteiger partial charge in [-0.2, -0.15) is 5.10 Å². The predicted molar refractivity (Wildman–Crippen MR) is 135 cm³/mol. The Labute approximate surface area is 199 Å². The maximum Gasteiger partial charge on any atom is 0.342 e. The zero-order valence-corrected chi connectivity index (χ0v) is 18.2. The van der Waals surface area contributed by atoms with Crippen LogP contribution in [0.4, 0.5) is 16.2 Å². The zero-order chi connectivity index (χ0) is 22.6. The van der Waals surface area contributed by atoms with Gasteiger partial charge in [0.2, 0.25) is 0 Å². The molecule has 3 aromatic rings. The molecule has 1 fully saturated rings. The van der Waals surface area contributed by atoms with Gasteiger partial charge in [-0.15, -0.1) is 0 Å². The molecule has 5 rings (SSSR count). The van der Waals surface area contributed by atoms with E-state index in [1.165, 1.54) is 5.01 Å². The molecule has 2 aliphatic heterocycles. The molecular weight excluding hydrogens is 428 g/mol. The van der Waals surface area contributed by atoms with Gasteiger partial charge in [-0.1, -0.05) is 37.8 Å². The quantitative estimate of drug-likeness (QED) is 0.544. The Morgan fingerprint density at radius 2 is 1.88 bits per heavy atom. The fourth-order valence-corrected chi connectivity index (χ4v) is 4.30. The van der Waals surface area contributed by atoms with E-state index in [1.54, 1.807) is 24.5 Å². The average molecular weight is 459 g/mol. The van der Waals surface area contributed by atoms with Gasteiger partial charge in [0.15, 0.2) is 0 Å². The summed E-state index contributed by atoms with van der Waals surface area (Å²) in [6, 6.07) is 17.9. The number of anilines is 2. The van der Waals surface area contributed by atoms with Gasteiger partial charge in [-0.25, -0.2) is 9.80 Å². The lowest BCUT2D eigenvalue weighted by Crippen LogP contribution is -2.43. The average Bonchev–Trinajstić information content (AvgIpc) is 3.31. The van der Waals surface area contributed by atoms with E-state index >= 15 is 0 Å². The number of amides is 2. The van der Waals surface area contributed by atoms with E-state index in [2.05, 4.69) is 31.7 Å². The first-order valence-electron chi connectivity index (χ1n) is 11.1. The number of urea groups is 1. The maximum absolute atomic E-state index is 13.4. The number of aromatic hydroxyl groups is 1. The molecule has 3 heterocycles. The van der Waals surface area contributed by atoms with Crippen LogP contribution in [-0.2, 0) is 0 Å². The van der Waals surface area contributed by atoms with Gasteiger partial charge in [0.25, 0.3) is 0 Å². The molecule has 3 N–H and O–H groups in total. The largest absolute Gasteiger partial charge is 0.508 e. The van der Waals surface area contributed by atoms with Crippen LogP contribution in [0.25, 0.3) is 0 Å². The monoisotopic (exact) mass is 458 g/mol. The molecule has 0 bridgehead atoms. The third-order valence-corrected chi connectivity index (χ3v) is 5.99. The standard InChI is InChI=1S/C25H26N6O2.CH4/c32-24-9-2-1-8-21(24)23-16-22(18-5-4-10-27-17-18)29-31(23)25(33)28-19-6-3-7-20(15-19)30-13-11-26-12-14-30;/h1-10,15,17,23,26,32H,11-14,16H2,(H,28,33);1H4. The Hall–Kier alpha value is -3.91. The zero-order valence-electron chi connectivity index (χ0n) is 18.2. The molecule has 0 radical (unpaired) electrons. The van der Waals surface area contributed by atoms with Gasteiger partial charge < -0.3 is 20.6 Å². The minimum atomic E-state index is -0.419. The number of phenolic OH excluding ortho intramolecular Hbond substituents is 1. The topological polar surface area (TPSA) is 93.1 Å². The molecule has 8 nitrogen and oxygen atoms in total. The summed E-state index contributed by atoms with van der Waals surface area (Å²) in [5, 5.41) is 22.9. The Bertz CT molecular complexity index is 1160. The lowest BCUT2D eigenvalue weighted by molar-refractivity contribution is 0.199. The highest BCUT2D eigenvalue weighted by molar-refractivity contribution is 6.04. The van der Waals surface area contributed by atoms with Crippen molar-refractivity contribution in [3.05, 3.63) is 84.2 Å². The summed E-state index contributed by atoms with van der Waals surface area (Å²) in [6.07, 6.45) is 3.92. The molecule has 1 aromatic heterocycles. The molecule has 0 saturated carbocycles. The van der Waals surface area contributed by atoms with E-state index in [1.807, 2.05) is 42.5 Å². The number of hydrogen-bond donors (Lipinski definition) is 3. The fraction of sp³-hybridized carbons (Fsp3) is 0.269. The summed E-state index contributed by atoms with van der Waals surface area (Å²) in [6.45, 7) is 3.74. The first-order valence-corrected chi connectivity index (χ1v) is 11.1. The van der Waals surface area contributed by atoms with Crippen LogP contribution in [0.15, 0.2) is 78.2 Å². The number of benzene rings is 2. The third kappa shape index (κ3) is 4.87. The van der Waals surface area contributed by atoms with Crippen LogP contribution in [0.1, 0.15) is 31.0 Å². The van der Waals surface area contributed by atoms with E-state index in [9.17, 15) is 9.90 Å². The third-order valence-electron chi connectivity index (χ3n) is 5.99. The number of carbonyl (C=O) groups is 1. The van der Waals surface area contributed by atoms with Crippen LogP contribution in [0.2, 0.25) is 0 Å². The van der Waals surface area contributed by atoms with E-state index in [0.717, 1.165) is 43.1 Å². The highest BCUT2D eigenvalue weighted by atomic mass is 16.3. The molecule has 1 unspecified atom stereocenters. The summed E-state index contributed by atoms with van der Waals surface area (Å²) < 4.78 is 0. The number of phenols is 1. The first kappa shape index (κ1) is 23.3. The Morgan fingerprint density at radius 1 is 1.06 bits per heavy atom. The predicted octanol–water partition coefficient (Wildman–Crippen LogP) is 4.22. The number of carbonyl (C=O) groups excluding carboxylic acids is 1. The molecule has 1 saturated heterocycles. The maximum atomic E-state index is 13.4. The summed E-state index contributed by atoms with van der Waals surface area (Å²) in [5.41, 5.74) is 4.05. The van der Waals surface area contributed by atoms with Crippen molar-refractivity contribution in [1.29, 1.82) is 0 Å². The second-order valence-corrected chi connectivity index (χ2v) is 8.13. The molecular formula is C26H30N6O2. The Morgan fingerprint density at radius 3 is 2.65 bits per heavy atom. The second-order valence-electron chi connectivity index (χ2n) is 8.13. The summed E-state index contributed by atoms with van der Waals surface area (Å²) in [4.78, 5) is 19.8. The lowest BCUT2D eigenvalue weighted by Gasteiger charge is -2.30. The van der Waals surface area contributed by atoms with Crippen molar-refractivity contribution in [3.8, 4) is 5.75 Å². The molecule has 34 heavy (non-hydrogen) atoms. The minimum absolute atomic E-state index is 0. The van der Waals surface area contributed by atoms with Gasteiger partial charge in [-0.3, -0.25) is 4.98 Å². The smallest absolute Gasteiger partial charge is 0.342 e. The van der Waals surface area contributed by atoms with Crippen molar-refractivity contribution >= 4 is 23.1 Å². The van der Waals surface area contributed by atoms with Crippen molar-refractivity contribution in [1.82, 2.24) is 15.3 Å². The number of para-hydroxylation sites is 1. The van der Waals surface area contributed by atoms with Gasteiger partial charge in [0.1, 0.15) is 5.75 Å². The number of pyridine rings is 1. The fourth-order valence-electron chi connectivity index (χ4n) is 4.30. The number of hydrazone groups is 1. The van der Waals surface area contributed by atoms with Crippen molar-refractivity contribution in [3.63, 3.8) is 0 Å². The van der Waals surface area contributed by atoms with Crippen LogP contribution in [0.3, 0.4) is 0 Å². The van der Waals surface area contributed by atoms with Crippen LogP contribution < -0.4 is 15.5 Å². The van der Waals surface area contributed by atoms with Crippen molar-refractivity contribution in [2.24, 2.45) is 5.10 Å². The van der Waals surface area contributed by atoms with Crippen molar-refractivity contribution in [2.75, 3.05) is 36.4 Å². The summed E-state index contributed by atoms with van der Waals surface area (Å²) in [7, 11) is 0. The van der Waals surface area contributed by atoms with Gasteiger partial charge in [-0.05, 0) is 30.3 Å². The second kappa shape index (κ2) is 10.4. The molecule has 176 valence electrons. The van der Waals surface area contributed by atoms with E-state index < -0.39 is 6.04 Å². The summed E-state index contributed by atoms with van der Waals surface area (Å²) >= 11 is 0. The Balaban J connectivity index is 0.00000274. The van der Waals surface area contributed by atoms with Crippen LogP contribution >= 0.6 is 0 Å². The number of rotatable bonds is 4. The number of nitrogens with zero attached hydrogens (tertiary/aromatic N) is 4. The van der Waals surface area contributed by atoms with Crippen LogP contribution in [-0.4, -0.2) is 53.0 Å². The molecule has 0 aliphatic carbocycles. The molecule has 8 heteroatoms. The highest BCUT2D eigenvalue weighted by Gasteiger charge is 2.34. The van der Waals surface area contributed by atoms with E-state index in [-0.39, 0.29) is 19.2 Å². The van der Waals surface area contributed by atoms with E-state index in [0.29, 0.717) is 17.7 Å². The highest BCUT2D eigenvalue weighted by Crippen LogP contribution is 2.37. The van der Waals surface area contributed by atoms with Crippen molar-refractivity contribution < 1.29 is 9.90 Å².